The number of nitrogens with zero attached hydrogens (tertiary/aromatic N) is 4. The third-order valence-corrected chi connectivity index (χ3v) is 9.24. The lowest BCUT2D eigenvalue weighted by atomic mass is 9.79. The van der Waals surface area contributed by atoms with E-state index >= 15 is 0 Å². The maximum Gasteiger partial charge on any atom is 0.252 e. The smallest absolute Gasteiger partial charge is 0.252 e. The molecule has 12 nitrogen and oxygen atoms in total. The van der Waals surface area contributed by atoms with Gasteiger partial charge < -0.3 is 30.5 Å². The molecule has 3 atom stereocenters. The third-order valence-electron chi connectivity index (χ3n) is 8.31. The zero-order valence-electron chi connectivity index (χ0n) is 25.2. The highest BCUT2D eigenvalue weighted by Gasteiger charge is 2.35. The highest BCUT2D eigenvalue weighted by molar-refractivity contribution is 7.22. The minimum absolute atomic E-state index is 0.0309. The van der Waals surface area contributed by atoms with Gasteiger partial charge in [-0.2, -0.15) is 0 Å². The monoisotopic (exact) mass is 631 g/mol. The molecule has 0 aliphatic heterocycles. The van der Waals surface area contributed by atoms with Crippen LogP contribution in [0.2, 0.25) is 0 Å². The van der Waals surface area contributed by atoms with Gasteiger partial charge in [-0.25, -0.2) is 19.9 Å². The molecule has 4 N–H and O–H groups in total. The molecular weight excluding hydrogens is 594 g/mol. The lowest BCUT2D eigenvalue weighted by Crippen LogP contribution is -2.51. The van der Waals surface area contributed by atoms with Crippen LogP contribution in [0.4, 0.5) is 5.13 Å². The van der Waals surface area contributed by atoms with Gasteiger partial charge in [0, 0.05) is 54.8 Å². The molecule has 236 valence electrons. The van der Waals surface area contributed by atoms with Crippen molar-refractivity contribution in [3.63, 3.8) is 0 Å². The Kier molecular flexibility index (Phi) is 9.59. The number of hydrogen-bond acceptors (Lipinski definition) is 11. The number of ether oxygens (including phenoxy) is 2. The van der Waals surface area contributed by atoms with Crippen molar-refractivity contribution in [2.75, 3.05) is 19.0 Å². The Bertz CT molecular complexity index is 1630. The number of benzene rings is 1. The Hall–Kier alpha value is -4.04. The van der Waals surface area contributed by atoms with E-state index in [4.69, 9.17) is 9.47 Å². The molecule has 3 aromatic heterocycles. The number of hydrogen-bond donors (Lipinski definition) is 4. The number of carbonyl (C=O) groups excluding carboxylic acids is 2. The van der Waals surface area contributed by atoms with E-state index in [1.165, 1.54) is 24.6 Å². The molecule has 13 heteroatoms. The number of rotatable bonds is 12. The molecule has 0 saturated heterocycles. The first kappa shape index (κ1) is 31.0. The van der Waals surface area contributed by atoms with Crippen LogP contribution in [0.5, 0.6) is 5.88 Å². The summed E-state index contributed by atoms with van der Waals surface area (Å²) in [6, 6.07) is 9.52. The number of fused-ring (bicyclic) bond motifs is 1. The fourth-order valence-corrected chi connectivity index (χ4v) is 6.55. The van der Waals surface area contributed by atoms with Crippen molar-refractivity contribution in [1.82, 2.24) is 30.6 Å². The van der Waals surface area contributed by atoms with Crippen LogP contribution in [0.1, 0.15) is 55.2 Å². The van der Waals surface area contributed by atoms with E-state index in [-0.39, 0.29) is 42.5 Å². The molecule has 2 saturated carbocycles. The average molecular weight is 632 g/mol. The Morgan fingerprint density at radius 2 is 1.89 bits per heavy atom. The quantitative estimate of drug-likeness (QED) is 0.181. The minimum atomic E-state index is -0.404. The van der Waals surface area contributed by atoms with Gasteiger partial charge in [0.25, 0.3) is 5.91 Å². The lowest BCUT2D eigenvalue weighted by molar-refractivity contribution is -0.123. The number of amides is 2. The molecule has 2 fully saturated rings. The Balaban J connectivity index is 0.947. The average Bonchev–Trinajstić information content (AvgIpc) is 3.64. The first-order valence-electron chi connectivity index (χ1n) is 15.2. The van der Waals surface area contributed by atoms with Crippen molar-refractivity contribution in [3.05, 3.63) is 60.3 Å². The number of aliphatic hydroxyl groups is 1. The van der Waals surface area contributed by atoms with Crippen LogP contribution in [0.15, 0.2) is 48.9 Å². The molecule has 45 heavy (non-hydrogen) atoms. The summed E-state index contributed by atoms with van der Waals surface area (Å²) < 4.78 is 11.8. The molecule has 2 aliphatic rings. The molecule has 0 spiro atoms. The van der Waals surface area contributed by atoms with Crippen molar-refractivity contribution in [1.29, 1.82) is 0 Å². The maximum atomic E-state index is 12.9. The highest BCUT2D eigenvalue weighted by Crippen LogP contribution is 2.33. The largest absolute Gasteiger partial charge is 0.481 e. The SMILES string of the molecule is COc1ccc(C(=O)NC[C@H](C)NC2CC(C(=O)Nc3nc4ccc(-c5cnc(CO[C@H]6CCC[C@@H]6O)nc5)cc4s3)C2)cn1. The van der Waals surface area contributed by atoms with Crippen LogP contribution in [0.25, 0.3) is 21.3 Å². The van der Waals surface area contributed by atoms with Gasteiger partial charge in [-0.3, -0.25) is 9.59 Å². The number of nitrogens with one attached hydrogen (secondary N) is 3. The number of methoxy groups -OCH3 is 1. The fraction of sp³-hybridized carbons (Fsp3) is 0.438. The molecule has 0 radical (unpaired) electrons. The van der Waals surface area contributed by atoms with Crippen LogP contribution in [0, 0.1) is 5.92 Å². The summed E-state index contributed by atoms with van der Waals surface area (Å²) in [5.41, 5.74) is 3.12. The summed E-state index contributed by atoms with van der Waals surface area (Å²) in [7, 11) is 1.53. The third kappa shape index (κ3) is 7.61. The van der Waals surface area contributed by atoms with Crippen LogP contribution >= 0.6 is 11.3 Å². The summed E-state index contributed by atoms with van der Waals surface area (Å²) in [6.45, 7) is 2.74. The highest BCUT2D eigenvalue weighted by atomic mass is 32.1. The number of pyridine rings is 1. The van der Waals surface area contributed by atoms with Crippen LogP contribution in [-0.4, -0.2) is 74.8 Å². The second-order valence-corrected chi connectivity index (χ2v) is 12.7. The minimum Gasteiger partial charge on any atom is -0.481 e. The van der Waals surface area contributed by atoms with Crippen molar-refractivity contribution in [2.45, 2.75) is 69.9 Å². The number of aliphatic hydroxyl groups excluding tert-OH is 1. The summed E-state index contributed by atoms with van der Waals surface area (Å²) in [6.07, 6.45) is 8.56. The van der Waals surface area contributed by atoms with Gasteiger partial charge >= 0.3 is 0 Å². The van der Waals surface area contributed by atoms with E-state index in [2.05, 4.69) is 35.9 Å². The molecule has 4 aromatic rings. The van der Waals surface area contributed by atoms with Gasteiger partial charge in [-0.15, -0.1) is 0 Å². The van der Waals surface area contributed by atoms with E-state index in [1.807, 2.05) is 25.1 Å². The number of anilines is 1. The molecule has 0 unspecified atom stereocenters. The summed E-state index contributed by atoms with van der Waals surface area (Å²) in [5.74, 6) is 0.727. The summed E-state index contributed by atoms with van der Waals surface area (Å²) in [5, 5.41) is 19.9. The van der Waals surface area contributed by atoms with E-state index < -0.39 is 6.10 Å². The zero-order chi connectivity index (χ0) is 31.3. The molecule has 2 amide bonds. The number of aromatic nitrogens is 4. The van der Waals surface area contributed by atoms with Crippen LogP contribution < -0.4 is 20.7 Å². The van der Waals surface area contributed by atoms with Crippen molar-refractivity contribution < 1.29 is 24.2 Å². The predicted octanol–water partition coefficient (Wildman–Crippen LogP) is 3.71. The second kappa shape index (κ2) is 13.9. The predicted molar refractivity (Wildman–Crippen MR) is 170 cm³/mol. The van der Waals surface area contributed by atoms with Crippen molar-refractivity contribution in [3.8, 4) is 17.0 Å². The lowest BCUT2D eigenvalue weighted by Gasteiger charge is -2.36. The van der Waals surface area contributed by atoms with Gasteiger partial charge in [0.05, 0.1) is 35.1 Å². The molecule has 2 aliphatic carbocycles. The van der Waals surface area contributed by atoms with E-state index in [1.54, 1.807) is 24.5 Å². The van der Waals surface area contributed by atoms with Gasteiger partial charge in [-0.05, 0) is 62.8 Å². The molecule has 1 aromatic carbocycles. The summed E-state index contributed by atoms with van der Waals surface area (Å²) >= 11 is 1.44. The zero-order valence-corrected chi connectivity index (χ0v) is 26.0. The Morgan fingerprint density at radius 1 is 1.07 bits per heavy atom. The summed E-state index contributed by atoms with van der Waals surface area (Å²) in [4.78, 5) is 42.8. The maximum absolute atomic E-state index is 12.9. The molecule has 3 heterocycles. The van der Waals surface area contributed by atoms with Crippen molar-refractivity contribution >= 4 is 38.5 Å². The number of thiazole rings is 1. The number of carbonyl (C=O) groups is 2. The van der Waals surface area contributed by atoms with Crippen LogP contribution in [0.3, 0.4) is 0 Å². The van der Waals surface area contributed by atoms with Gasteiger partial charge in [-0.1, -0.05) is 17.4 Å². The first-order valence-corrected chi connectivity index (χ1v) is 16.0. The van der Waals surface area contributed by atoms with E-state index in [9.17, 15) is 14.7 Å². The molecule has 0 bridgehead atoms. The molecular formula is C32H37N7O5S. The molecule has 6 rings (SSSR count). The fourth-order valence-electron chi connectivity index (χ4n) is 5.64. The Labute approximate surface area is 265 Å². The first-order chi connectivity index (χ1) is 21.8. The normalized spacial score (nSPS) is 21.7. The van der Waals surface area contributed by atoms with E-state index in [0.29, 0.717) is 28.9 Å². The van der Waals surface area contributed by atoms with Gasteiger partial charge in [0.2, 0.25) is 11.8 Å². The Morgan fingerprint density at radius 3 is 2.60 bits per heavy atom. The topological polar surface area (TPSA) is 160 Å². The van der Waals surface area contributed by atoms with Gasteiger partial charge in [0.15, 0.2) is 11.0 Å². The van der Waals surface area contributed by atoms with E-state index in [0.717, 1.165) is 53.4 Å². The van der Waals surface area contributed by atoms with Crippen LogP contribution in [-0.2, 0) is 16.1 Å². The standard InChI is InChI=1S/C32H37N7O5S/c1-18(13-36-30(41)20-7-9-29(43-2)35-14-20)37-23-10-21(11-23)31(42)39-32-38-24-8-6-19(12-27(24)45-32)22-15-33-28(34-16-22)17-44-26-5-3-4-25(26)40/h6-9,12,14-16,18,21,23,25-26,37,40H,3-5,10-11,13,17H2,1-2H3,(H,36,41)(H,38,39,42)/t18-,21?,23?,25-,26-/m0/s1. The van der Waals surface area contributed by atoms with Gasteiger partial charge in [0.1, 0.15) is 6.61 Å². The van der Waals surface area contributed by atoms with Crippen molar-refractivity contribution in [2.24, 2.45) is 5.92 Å². The second-order valence-electron chi connectivity index (χ2n) is 11.7.